The molecule has 2 rings (SSSR count). The van der Waals surface area contributed by atoms with Gasteiger partial charge in [-0.1, -0.05) is 19.3 Å². The number of hydrogen-bond donors (Lipinski definition) is 1. The van der Waals surface area contributed by atoms with Gasteiger partial charge in [0.25, 0.3) is 0 Å². The Morgan fingerprint density at radius 3 is 2.31 bits per heavy atom. The molecule has 1 aliphatic heterocycles. The minimum Gasteiger partial charge on any atom is -0.481 e. The molecule has 2 fully saturated rings. The van der Waals surface area contributed by atoms with Gasteiger partial charge in [-0.15, -0.1) is 0 Å². The van der Waals surface area contributed by atoms with Crippen molar-refractivity contribution in [1.82, 2.24) is 4.90 Å². The SMILES string of the molecule is CC(C)(CN1CC2(CCCCC2)C1)C(=O)O. The van der Waals surface area contributed by atoms with Crippen LogP contribution >= 0.6 is 0 Å². The third kappa shape index (κ3) is 2.24. The quantitative estimate of drug-likeness (QED) is 0.801. The molecule has 0 aromatic carbocycles. The highest BCUT2D eigenvalue weighted by molar-refractivity contribution is 5.73. The summed E-state index contributed by atoms with van der Waals surface area (Å²) in [6.45, 7) is 6.60. The van der Waals surface area contributed by atoms with Crippen LogP contribution in [0.4, 0.5) is 0 Å². The van der Waals surface area contributed by atoms with Gasteiger partial charge in [0.2, 0.25) is 0 Å². The second-order valence-electron chi connectivity index (χ2n) is 6.39. The number of likely N-dealkylation sites (tertiary alicyclic amines) is 1. The molecular weight excluding hydrogens is 202 g/mol. The summed E-state index contributed by atoms with van der Waals surface area (Å²) in [5, 5.41) is 9.08. The Morgan fingerprint density at radius 1 is 1.25 bits per heavy atom. The van der Waals surface area contributed by atoms with Crippen LogP contribution in [0.5, 0.6) is 0 Å². The highest BCUT2D eigenvalue weighted by Gasteiger charge is 2.45. The van der Waals surface area contributed by atoms with Crippen LogP contribution in [-0.2, 0) is 4.79 Å². The molecule has 0 unspecified atom stereocenters. The summed E-state index contributed by atoms with van der Waals surface area (Å²) in [5.41, 5.74) is -0.0386. The Balaban J connectivity index is 1.82. The summed E-state index contributed by atoms with van der Waals surface area (Å²) >= 11 is 0. The minimum atomic E-state index is -0.683. The Morgan fingerprint density at radius 2 is 1.81 bits per heavy atom. The third-order valence-corrected chi connectivity index (χ3v) is 4.23. The van der Waals surface area contributed by atoms with Gasteiger partial charge in [-0.3, -0.25) is 4.79 Å². The average molecular weight is 225 g/mol. The Hall–Kier alpha value is -0.570. The zero-order chi connectivity index (χ0) is 11.8. The van der Waals surface area contributed by atoms with E-state index in [0.29, 0.717) is 12.0 Å². The summed E-state index contributed by atoms with van der Waals surface area (Å²) in [7, 11) is 0. The molecule has 2 aliphatic rings. The monoisotopic (exact) mass is 225 g/mol. The van der Waals surface area contributed by atoms with Crippen LogP contribution in [0, 0.1) is 10.8 Å². The smallest absolute Gasteiger partial charge is 0.310 e. The van der Waals surface area contributed by atoms with Crippen molar-refractivity contribution in [2.75, 3.05) is 19.6 Å². The van der Waals surface area contributed by atoms with Crippen LogP contribution in [0.3, 0.4) is 0 Å². The molecule has 0 radical (unpaired) electrons. The lowest BCUT2D eigenvalue weighted by molar-refractivity contribution is -0.150. The fourth-order valence-electron chi connectivity index (χ4n) is 3.26. The molecule has 0 aromatic heterocycles. The highest BCUT2D eigenvalue weighted by atomic mass is 16.4. The topological polar surface area (TPSA) is 40.5 Å². The van der Waals surface area contributed by atoms with Crippen LogP contribution in [0.1, 0.15) is 46.0 Å². The molecule has 1 saturated heterocycles. The van der Waals surface area contributed by atoms with E-state index in [-0.39, 0.29) is 0 Å². The molecular formula is C13H23NO2. The highest BCUT2D eigenvalue weighted by Crippen LogP contribution is 2.44. The number of rotatable bonds is 3. The molecule has 1 N–H and O–H groups in total. The largest absolute Gasteiger partial charge is 0.481 e. The summed E-state index contributed by atoms with van der Waals surface area (Å²) in [5.74, 6) is -0.683. The predicted octanol–water partition coefficient (Wildman–Crippen LogP) is 2.36. The molecule has 92 valence electrons. The summed E-state index contributed by atoms with van der Waals surface area (Å²) in [4.78, 5) is 13.4. The molecule has 1 heterocycles. The van der Waals surface area contributed by atoms with Gasteiger partial charge in [0.1, 0.15) is 0 Å². The molecule has 3 nitrogen and oxygen atoms in total. The third-order valence-electron chi connectivity index (χ3n) is 4.23. The van der Waals surface area contributed by atoms with E-state index < -0.39 is 11.4 Å². The number of carbonyl (C=O) groups is 1. The van der Waals surface area contributed by atoms with Crippen molar-refractivity contribution in [1.29, 1.82) is 0 Å². The second kappa shape index (κ2) is 4.02. The Kier molecular flexibility index (Phi) is 2.99. The average Bonchev–Trinajstić information content (AvgIpc) is 2.16. The Labute approximate surface area is 97.8 Å². The molecule has 1 saturated carbocycles. The molecule has 1 aliphatic carbocycles. The second-order valence-corrected chi connectivity index (χ2v) is 6.39. The first-order valence-electron chi connectivity index (χ1n) is 6.39. The normalized spacial score (nSPS) is 25.4. The lowest BCUT2D eigenvalue weighted by atomic mass is 9.68. The van der Waals surface area contributed by atoms with Crippen molar-refractivity contribution >= 4 is 5.97 Å². The van der Waals surface area contributed by atoms with E-state index in [1.165, 1.54) is 32.1 Å². The van der Waals surface area contributed by atoms with Gasteiger partial charge in [0.15, 0.2) is 0 Å². The van der Waals surface area contributed by atoms with E-state index in [4.69, 9.17) is 5.11 Å². The maximum absolute atomic E-state index is 11.0. The summed E-state index contributed by atoms with van der Waals surface area (Å²) in [6, 6.07) is 0. The first kappa shape index (κ1) is 11.9. The number of hydrogen-bond acceptors (Lipinski definition) is 2. The lowest BCUT2D eigenvalue weighted by Crippen LogP contribution is -2.59. The van der Waals surface area contributed by atoms with Crippen molar-refractivity contribution in [2.24, 2.45) is 10.8 Å². The van der Waals surface area contributed by atoms with Gasteiger partial charge in [0, 0.05) is 19.6 Å². The van der Waals surface area contributed by atoms with E-state index in [1.807, 2.05) is 13.8 Å². The maximum atomic E-state index is 11.0. The van der Waals surface area contributed by atoms with E-state index in [9.17, 15) is 4.79 Å². The maximum Gasteiger partial charge on any atom is 0.310 e. The van der Waals surface area contributed by atoms with Crippen LogP contribution in [0.25, 0.3) is 0 Å². The van der Waals surface area contributed by atoms with Gasteiger partial charge >= 0.3 is 5.97 Å². The minimum absolute atomic E-state index is 0.562. The van der Waals surface area contributed by atoms with Crippen LogP contribution < -0.4 is 0 Å². The standard InChI is InChI=1S/C13H23NO2/c1-12(2,11(15)16)8-14-9-13(10-14)6-4-3-5-7-13/h3-10H2,1-2H3,(H,15,16). The van der Waals surface area contributed by atoms with Gasteiger partial charge in [-0.25, -0.2) is 0 Å². The molecule has 0 bridgehead atoms. The van der Waals surface area contributed by atoms with Crippen LogP contribution in [-0.4, -0.2) is 35.6 Å². The van der Waals surface area contributed by atoms with Crippen LogP contribution in [0.2, 0.25) is 0 Å². The van der Waals surface area contributed by atoms with Gasteiger partial charge in [-0.2, -0.15) is 0 Å². The fourth-order valence-corrected chi connectivity index (χ4v) is 3.26. The van der Waals surface area contributed by atoms with E-state index in [1.54, 1.807) is 0 Å². The van der Waals surface area contributed by atoms with Crippen molar-refractivity contribution in [2.45, 2.75) is 46.0 Å². The molecule has 1 spiro atoms. The molecule has 16 heavy (non-hydrogen) atoms. The van der Waals surface area contributed by atoms with Gasteiger partial charge in [-0.05, 0) is 32.1 Å². The molecule has 0 atom stereocenters. The summed E-state index contributed by atoms with van der Waals surface area (Å²) in [6.07, 6.45) is 6.85. The number of nitrogens with zero attached hydrogens (tertiary/aromatic N) is 1. The summed E-state index contributed by atoms with van der Waals surface area (Å²) < 4.78 is 0. The van der Waals surface area contributed by atoms with Crippen molar-refractivity contribution in [3.8, 4) is 0 Å². The molecule has 0 aromatic rings. The number of carboxylic acids is 1. The van der Waals surface area contributed by atoms with Crippen LogP contribution in [0.15, 0.2) is 0 Å². The number of aliphatic carboxylic acids is 1. The predicted molar refractivity (Wildman–Crippen MR) is 63.4 cm³/mol. The first-order valence-corrected chi connectivity index (χ1v) is 6.39. The van der Waals surface area contributed by atoms with E-state index in [0.717, 1.165) is 13.1 Å². The van der Waals surface area contributed by atoms with Crippen molar-refractivity contribution in [3.05, 3.63) is 0 Å². The molecule has 0 amide bonds. The van der Waals surface area contributed by atoms with Gasteiger partial charge < -0.3 is 10.0 Å². The fraction of sp³-hybridized carbons (Fsp3) is 0.923. The van der Waals surface area contributed by atoms with Crippen molar-refractivity contribution < 1.29 is 9.90 Å². The number of carboxylic acid groups (broad SMARTS) is 1. The van der Waals surface area contributed by atoms with Gasteiger partial charge in [0.05, 0.1) is 5.41 Å². The lowest BCUT2D eigenvalue weighted by Gasteiger charge is -2.54. The van der Waals surface area contributed by atoms with E-state index >= 15 is 0 Å². The first-order chi connectivity index (χ1) is 7.44. The Bertz CT molecular complexity index is 272. The zero-order valence-electron chi connectivity index (χ0n) is 10.5. The zero-order valence-corrected chi connectivity index (χ0v) is 10.5. The van der Waals surface area contributed by atoms with E-state index in [2.05, 4.69) is 4.90 Å². The molecule has 3 heteroatoms. The van der Waals surface area contributed by atoms with Crippen molar-refractivity contribution in [3.63, 3.8) is 0 Å².